The van der Waals surface area contributed by atoms with E-state index in [1.165, 1.54) is 6.07 Å². The molecule has 0 aliphatic carbocycles. The highest BCUT2D eigenvalue weighted by molar-refractivity contribution is 6.35. The van der Waals surface area contributed by atoms with Gasteiger partial charge in [0.1, 0.15) is 24.0 Å². The van der Waals surface area contributed by atoms with Crippen molar-refractivity contribution < 1.29 is 14.3 Å². The molecule has 1 unspecified atom stereocenters. The van der Waals surface area contributed by atoms with Crippen LogP contribution in [0.15, 0.2) is 44.9 Å². The van der Waals surface area contributed by atoms with Crippen LogP contribution in [0.2, 0.25) is 10.0 Å². The summed E-state index contributed by atoms with van der Waals surface area (Å²) in [5, 5.41) is 19.4. The van der Waals surface area contributed by atoms with Crippen molar-refractivity contribution in [2.24, 2.45) is 5.73 Å². The summed E-state index contributed by atoms with van der Waals surface area (Å²) in [6, 6.07) is 7.77. The van der Waals surface area contributed by atoms with Crippen LogP contribution in [0, 0.1) is 11.3 Å². The Morgan fingerprint density at radius 3 is 2.71 bits per heavy atom. The van der Waals surface area contributed by atoms with Gasteiger partial charge in [0.25, 0.3) is 0 Å². The maximum absolute atomic E-state index is 12.2. The number of aliphatic hydroxyl groups excluding tert-OH is 1. The summed E-state index contributed by atoms with van der Waals surface area (Å²) in [7, 11) is 0. The fourth-order valence-electron chi connectivity index (χ4n) is 2.51. The van der Waals surface area contributed by atoms with E-state index in [1.54, 1.807) is 12.1 Å². The number of nitriles is 1. The van der Waals surface area contributed by atoms with E-state index in [2.05, 4.69) is 0 Å². The zero-order chi connectivity index (χ0) is 17.4. The molecule has 122 valence electrons. The first-order chi connectivity index (χ1) is 11.5. The topological polar surface area (TPSA) is 109 Å². The minimum atomic E-state index is -0.845. The quantitative estimate of drug-likeness (QED) is 0.847. The van der Waals surface area contributed by atoms with Gasteiger partial charge in [-0.2, -0.15) is 5.26 Å². The van der Waals surface area contributed by atoms with Crippen LogP contribution in [-0.2, 0) is 6.61 Å². The van der Waals surface area contributed by atoms with Gasteiger partial charge in [0.05, 0.1) is 5.92 Å². The Morgan fingerprint density at radius 2 is 2.08 bits per heavy atom. The Labute approximate surface area is 146 Å². The largest absolute Gasteiger partial charge is 0.458 e. The van der Waals surface area contributed by atoms with E-state index in [4.69, 9.17) is 38.1 Å². The highest BCUT2D eigenvalue weighted by atomic mass is 35.5. The van der Waals surface area contributed by atoms with Crippen LogP contribution in [0.25, 0.3) is 0 Å². The number of nitrogens with two attached hydrogens (primary N) is 1. The van der Waals surface area contributed by atoms with E-state index in [-0.39, 0.29) is 33.7 Å². The van der Waals surface area contributed by atoms with E-state index in [0.717, 1.165) is 6.07 Å². The number of nitrogens with zero attached hydrogens (tertiary/aromatic N) is 1. The van der Waals surface area contributed by atoms with Gasteiger partial charge >= 0.3 is 0 Å². The molecule has 0 fully saturated rings. The average molecular weight is 365 g/mol. The van der Waals surface area contributed by atoms with Gasteiger partial charge in [-0.25, -0.2) is 0 Å². The second-order valence-corrected chi connectivity index (χ2v) is 5.86. The second-order valence-electron chi connectivity index (χ2n) is 5.02. The Bertz CT molecular complexity index is 960. The fraction of sp³-hybridized carbons (Fsp3) is 0.125. The molecule has 0 spiro atoms. The van der Waals surface area contributed by atoms with Crippen LogP contribution >= 0.6 is 23.2 Å². The number of fused-ring (bicyclic) bond motifs is 1. The molecule has 3 rings (SSSR count). The van der Waals surface area contributed by atoms with Crippen molar-refractivity contribution in [3.8, 4) is 11.8 Å². The summed E-state index contributed by atoms with van der Waals surface area (Å²) in [5.41, 5.74) is 5.79. The molecule has 0 saturated heterocycles. The van der Waals surface area contributed by atoms with Crippen LogP contribution in [0.4, 0.5) is 0 Å². The number of hydrogen-bond acceptors (Lipinski definition) is 6. The third-order valence-electron chi connectivity index (χ3n) is 3.56. The van der Waals surface area contributed by atoms with E-state index in [9.17, 15) is 15.2 Å². The molecule has 0 amide bonds. The number of allylic oxidation sites excluding steroid dienone is 1. The zero-order valence-corrected chi connectivity index (χ0v) is 13.6. The molecular formula is C16H10Cl2N2O4. The summed E-state index contributed by atoms with van der Waals surface area (Å²) < 4.78 is 10.8. The number of aliphatic hydroxyl groups is 1. The molecule has 1 atom stereocenters. The lowest BCUT2D eigenvalue weighted by molar-refractivity contribution is 0.231. The van der Waals surface area contributed by atoms with Gasteiger partial charge in [0, 0.05) is 16.1 Å². The molecule has 1 aliphatic heterocycles. The molecule has 3 N–H and O–H groups in total. The Hall–Kier alpha value is -2.46. The van der Waals surface area contributed by atoms with Crippen LogP contribution < -0.4 is 15.9 Å². The summed E-state index contributed by atoms with van der Waals surface area (Å²) in [5.74, 6) is -1.09. The normalized spacial score (nSPS) is 16.3. The zero-order valence-electron chi connectivity index (χ0n) is 12.0. The van der Waals surface area contributed by atoms with Crippen molar-refractivity contribution >= 4 is 23.2 Å². The first-order valence-corrected chi connectivity index (χ1v) is 7.52. The van der Waals surface area contributed by atoms with Gasteiger partial charge in [-0.15, -0.1) is 0 Å². The lowest BCUT2D eigenvalue weighted by Crippen LogP contribution is -2.25. The summed E-state index contributed by atoms with van der Waals surface area (Å²) in [4.78, 5) is 12.2. The first kappa shape index (κ1) is 16.4. The van der Waals surface area contributed by atoms with Crippen molar-refractivity contribution in [1.29, 1.82) is 5.26 Å². The SMILES string of the molecule is N#CC1=C(N)Oc2c(oc(CO)cc2=O)C1c1ccc(Cl)cc1Cl. The van der Waals surface area contributed by atoms with Gasteiger partial charge in [-0.1, -0.05) is 29.3 Å². The highest BCUT2D eigenvalue weighted by Crippen LogP contribution is 2.43. The lowest BCUT2D eigenvalue weighted by atomic mass is 9.87. The molecule has 0 radical (unpaired) electrons. The molecule has 8 heteroatoms. The third-order valence-corrected chi connectivity index (χ3v) is 4.12. The summed E-state index contributed by atoms with van der Waals surface area (Å²) >= 11 is 12.2. The van der Waals surface area contributed by atoms with Crippen molar-refractivity contribution in [2.45, 2.75) is 12.5 Å². The van der Waals surface area contributed by atoms with Crippen molar-refractivity contribution in [1.82, 2.24) is 0 Å². The fourth-order valence-corrected chi connectivity index (χ4v) is 3.03. The molecule has 0 saturated carbocycles. The molecule has 6 nitrogen and oxygen atoms in total. The van der Waals surface area contributed by atoms with Crippen molar-refractivity contribution in [3.05, 3.63) is 73.1 Å². The van der Waals surface area contributed by atoms with Crippen LogP contribution in [0.5, 0.6) is 5.75 Å². The molecule has 1 aliphatic rings. The monoisotopic (exact) mass is 364 g/mol. The Balaban J connectivity index is 2.33. The predicted octanol–water partition coefficient (Wildman–Crippen LogP) is 2.66. The van der Waals surface area contributed by atoms with Gasteiger partial charge < -0.3 is 20.0 Å². The van der Waals surface area contributed by atoms with E-state index >= 15 is 0 Å². The number of rotatable bonds is 2. The van der Waals surface area contributed by atoms with Crippen molar-refractivity contribution in [3.63, 3.8) is 0 Å². The van der Waals surface area contributed by atoms with Crippen molar-refractivity contribution in [2.75, 3.05) is 0 Å². The van der Waals surface area contributed by atoms with Gasteiger partial charge in [-0.3, -0.25) is 4.79 Å². The average Bonchev–Trinajstić information content (AvgIpc) is 2.54. The number of hydrogen-bond donors (Lipinski definition) is 2. The number of halogens is 2. The standard InChI is InChI=1S/C16H10Cl2N2O4/c17-7-1-2-9(11(18)3-7)13-10(5-19)16(20)24-14-12(22)4-8(6-21)23-15(13)14/h1-4,13,21H,6,20H2. The maximum Gasteiger partial charge on any atom is 0.228 e. The highest BCUT2D eigenvalue weighted by Gasteiger charge is 2.36. The second kappa shape index (κ2) is 6.21. The van der Waals surface area contributed by atoms with E-state index in [1.807, 2.05) is 6.07 Å². The smallest absolute Gasteiger partial charge is 0.228 e. The van der Waals surface area contributed by atoms with Gasteiger partial charge in [0.15, 0.2) is 5.76 Å². The molecule has 2 heterocycles. The Kier molecular flexibility index (Phi) is 4.24. The molecule has 0 bridgehead atoms. The maximum atomic E-state index is 12.2. The summed E-state index contributed by atoms with van der Waals surface area (Å²) in [6.07, 6.45) is 0. The van der Waals surface area contributed by atoms with Crippen LogP contribution in [-0.4, -0.2) is 5.11 Å². The third kappa shape index (κ3) is 2.63. The molecule has 24 heavy (non-hydrogen) atoms. The summed E-state index contributed by atoms with van der Waals surface area (Å²) in [6.45, 7) is -0.481. The van der Waals surface area contributed by atoms with Gasteiger partial charge in [-0.05, 0) is 17.7 Å². The van der Waals surface area contributed by atoms with Crippen LogP contribution in [0.1, 0.15) is 23.0 Å². The Morgan fingerprint density at radius 1 is 1.33 bits per heavy atom. The molecule has 1 aromatic heterocycles. The number of benzene rings is 1. The minimum Gasteiger partial charge on any atom is -0.458 e. The van der Waals surface area contributed by atoms with Crippen LogP contribution in [0.3, 0.4) is 0 Å². The molecule has 2 aromatic rings. The molecule has 1 aromatic carbocycles. The first-order valence-electron chi connectivity index (χ1n) is 6.76. The molecular weight excluding hydrogens is 355 g/mol. The van der Waals surface area contributed by atoms with Gasteiger partial charge in [0.2, 0.25) is 17.1 Å². The van der Waals surface area contributed by atoms with E-state index < -0.39 is 18.0 Å². The van der Waals surface area contributed by atoms with E-state index in [0.29, 0.717) is 10.6 Å². The lowest BCUT2D eigenvalue weighted by Gasteiger charge is -2.25. The minimum absolute atomic E-state index is 0.0372. The number of ether oxygens (including phenoxy) is 1. The predicted molar refractivity (Wildman–Crippen MR) is 86.7 cm³/mol.